The Bertz CT molecular complexity index is 1240. The lowest BCUT2D eigenvalue weighted by molar-refractivity contribution is 0.442. The first-order valence-corrected chi connectivity index (χ1v) is 13.3. The van der Waals surface area contributed by atoms with Crippen molar-refractivity contribution in [3.05, 3.63) is 151 Å². The molecular formula is C31H25FOP+. The summed E-state index contributed by atoms with van der Waals surface area (Å²) in [6.07, 6.45) is 0.760. The van der Waals surface area contributed by atoms with Gasteiger partial charge in [-0.05, 0) is 66.2 Å². The predicted molar refractivity (Wildman–Crippen MR) is 142 cm³/mol. The van der Waals surface area contributed by atoms with Crippen LogP contribution in [0.15, 0.2) is 140 Å². The van der Waals surface area contributed by atoms with E-state index in [1.54, 1.807) is 0 Å². The third-order valence-electron chi connectivity index (χ3n) is 5.98. The Morgan fingerprint density at radius 3 is 1.44 bits per heavy atom. The molecule has 0 radical (unpaired) electrons. The van der Waals surface area contributed by atoms with Gasteiger partial charge in [-0.15, -0.1) is 0 Å². The number of ether oxygens (including phenoxy) is 1. The van der Waals surface area contributed by atoms with Gasteiger partial charge in [-0.2, -0.15) is 0 Å². The zero-order chi connectivity index (χ0) is 23.2. The van der Waals surface area contributed by atoms with Crippen LogP contribution in [0.25, 0.3) is 0 Å². The summed E-state index contributed by atoms with van der Waals surface area (Å²) in [6, 6.07) is 46.7. The molecule has 0 fully saturated rings. The average molecular weight is 464 g/mol. The quantitative estimate of drug-likeness (QED) is 0.234. The molecule has 0 bridgehead atoms. The van der Waals surface area contributed by atoms with Crippen LogP contribution in [0.5, 0.6) is 11.5 Å². The molecule has 1 nitrogen and oxygen atoms in total. The normalized spacial score (nSPS) is 11.2. The predicted octanol–water partition coefficient (Wildman–Crippen LogP) is 7.11. The maximum absolute atomic E-state index is 14.7. The van der Waals surface area contributed by atoms with E-state index in [2.05, 4.69) is 91.0 Å². The highest BCUT2D eigenvalue weighted by Crippen LogP contribution is 2.58. The van der Waals surface area contributed by atoms with Crippen LogP contribution in [0.2, 0.25) is 0 Å². The van der Waals surface area contributed by atoms with Crippen LogP contribution in [0.4, 0.5) is 4.39 Å². The fourth-order valence-corrected chi connectivity index (χ4v) is 8.61. The third-order valence-corrected chi connectivity index (χ3v) is 10.4. The van der Waals surface area contributed by atoms with Gasteiger partial charge in [-0.1, -0.05) is 78.9 Å². The largest absolute Gasteiger partial charge is 0.454 e. The summed E-state index contributed by atoms with van der Waals surface area (Å²) in [5, 5.41) is 3.88. The molecule has 0 N–H and O–H groups in total. The molecule has 0 saturated heterocycles. The Labute approximate surface area is 200 Å². The van der Waals surface area contributed by atoms with Crippen molar-refractivity contribution in [2.45, 2.75) is 6.16 Å². The summed E-state index contributed by atoms with van der Waals surface area (Å²) >= 11 is 0. The van der Waals surface area contributed by atoms with Crippen LogP contribution in [-0.2, 0) is 6.16 Å². The Kier molecular flexibility index (Phi) is 6.51. The van der Waals surface area contributed by atoms with E-state index < -0.39 is 7.26 Å². The molecule has 0 aliphatic rings. The maximum Gasteiger partial charge on any atom is 0.165 e. The van der Waals surface area contributed by atoms with Gasteiger partial charge in [0.15, 0.2) is 11.6 Å². The molecule has 0 heterocycles. The van der Waals surface area contributed by atoms with Gasteiger partial charge < -0.3 is 4.74 Å². The lowest BCUT2D eigenvalue weighted by Crippen LogP contribution is -2.32. The molecule has 166 valence electrons. The van der Waals surface area contributed by atoms with Crippen LogP contribution in [-0.4, -0.2) is 0 Å². The number of hydrogen-bond donors (Lipinski definition) is 0. The molecule has 0 spiro atoms. The van der Waals surface area contributed by atoms with Crippen molar-refractivity contribution in [1.29, 1.82) is 0 Å². The molecule has 0 aliphatic heterocycles. The van der Waals surface area contributed by atoms with E-state index in [4.69, 9.17) is 4.74 Å². The fourth-order valence-electron chi connectivity index (χ4n) is 4.38. The minimum Gasteiger partial charge on any atom is -0.454 e. The van der Waals surface area contributed by atoms with Gasteiger partial charge in [0, 0.05) is 0 Å². The van der Waals surface area contributed by atoms with Crippen LogP contribution in [0.3, 0.4) is 0 Å². The Morgan fingerprint density at radius 1 is 0.529 bits per heavy atom. The monoisotopic (exact) mass is 463 g/mol. The molecule has 0 atom stereocenters. The second-order valence-corrected chi connectivity index (χ2v) is 11.6. The van der Waals surface area contributed by atoms with Crippen molar-refractivity contribution in [2.75, 3.05) is 0 Å². The Morgan fingerprint density at radius 2 is 0.971 bits per heavy atom. The molecule has 5 rings (SSSR count). The van der Waals surface area contributed by atoms with Crippen LogP contribution >= 0.6 is 7.26 Å². The van der Waals surface area contributed by atoms with Crippen LogP contribution in [0.1, 0.15) is 5.56 Å². The number of rotatable bonds is 7. The number of para-hydroxylation sites is 1. The van der Waals surface area contributed by atoms with Gasteiger partial charge in [0.1, 0.15) is 28.9 Å². The molecule has 0 amide bonds. The fraction of sp³-hybridized carbons (Fsp3) is 0.0323. The molecule has 0 aliphatic carbocycles. The first-order valence-electron chi connectivity index (χ1n) is 11.3. The van der Waals surface area contributed by atoms with Crippen molar-refractivity contribution in [3.8, 4) is 11.5 Å². The summed E-state index contributed by atoms with van der Waals surface area (Å²) in [7, 11) is -2.07. The van der Waals surface area contributed by atoms with E-state index in [9.17, 15) is 4.39 Å². The average Bonchev–Trinajstić information content (AvgIpc) is 2.91. The summed E-state index contributed by atoms with van der Waals surface area (Å²) < 4.78 is 20.7. The van der Waals surface area contributed by atoms with Crippen molar-refractivity contribution in [3.63, 3.8) is 0 Å². The smallest absolute Gasteiger partial charge is 0.165 e. The standard InChI is InChI=1S/C31H25FOP/c32-30-22-21-25(23-31(30)33-26-13-5-1-6-14-26)24-34(27-15-7-2-8-16-27,28-17-9-3-10-18-28)29-19-11-4-12-20-29/h1-23H,24H2/q+1. The van der Waals surface area contributed by atoms with Crippen molar-refractivity contribution < 1.29 is 9.13 Å². The summed E-state index contributed by atoms with van der Waals surface area (Å²) in [5.74, 6) is 0.500. The zero-order valence-corrected chi connectivity index (χ0v) is 19.6. The highest BCUT2D eigenvalue weighted by atomic mass is 31.2. The van der Waals surface area contributed by atoms with E-state index in [1.807, 2.05) is 42.5 Å². The molecule has 3 heteroatoms. The highest BCUT2D eigenvalue weighted by molar-refractivity contribution is 7.95. The van der Waals surface area contributed by atoms with Gasteiger partial charge in [-0.3, -0.25) is 0 Å². The number of hydrogen-bond acceptors (Lipinski definition) is 1. The molecule has 0 aromatic heterocycles. The second kappa shape index (κ2) is 10.0. The lowest BCUT2D eigenvalue weighted by Gasteiger charge is -2.28. The second-order valence-electron chi connectivity index (χ2n) is 8.15. The number of benzene rings is 5. The first-order chi connectivity index (χ1) is 16.8. The van der Waals surface area contributed by atoms with Gasteiger partial charge in [0.05, 0.1) is 6.16 Å². The molecule has 34 heavy (non-hydrogen) atoms. The minimum absolute atomic E-state index is 0.246. The van der Waals surface area contributed by atoms with E-state index in [1.165, 1.54) is 22.0 Å². The minimum atomic E-state index is -2.07. The Balaban J connectivity index is 1.66. The van der Waals surface area contributed by atoms with E-state index in [-0.39, 0.29) is 11.6 Å². The van der Waals surface area contributed by atoms with E-state index >= 15 is 0 Å². The SMILES string of the molecule is Fc1ccc(C[P+](c2ccccc2)(c2ccccc2)c2ccccc2)cc1Oc1ccccc1. The number of halogens is 1. The summed E-state index contributed by atoms with van der Waals surface area (Å²) in [6.45, 7) is 0. The summed E-state index contributed by atoms with van der Waals surface area (Å²) in [5.41, 5.74) is 1.04. The molecule has 0 unspecified atom stereocenters. The highest BCUT2D eigenvalue weighted by Gasteiger charge is 2.45. The van der Waals surface area contributed by atoms with E-state index in [0.717, 1.165) is 11.7 Å². The van der Waals surface area contributed by atoms with Crippen LogP contribution < -0.4 is 20.7 Å². The van der Waals surface area contributed by atoms with Crippen molar-refractivity contribution >= 4 is 23.2 Å². The third kappa shape index (κ3) is 4.51. The van der Waals surface area contributed by atoms with Gasteiger partial charge in [0.2, 0.25) is 0 Å². The Hall–Kier alpha value is -3.74. The zero-order valence-electron chi connectivity index (χ0n) is 18.7. The molecule has 5 aromatic carbocycles. The first kappa shape index (κ1) is 22.1. The molecule has 0 saturated carbocycles. The van der Waals surface area contributed by atoms with E-state index in [0.29, 0.717) is 5.75 Å². The molecule has 5 aromatic rings. The molecular weight excluding hydrogens is 438 g/mol. The van der Waals surface area contributed by atoms with Crippen molar-refractivity contribution in [1.82, 2.24) is 0 Å². The summed E-state index contributed by atoms with van der Waals surface area (Å²) in [4.78, 5) is 0. The topological polar surface area (TPSA) is 9.23 Å². The maximum atomic E-state index is 14.7. The van der Waals surface area contributed by atoms with Crippen molar-refractivity contribution in [2.24, 2.45) is 0 Å². The van der Waals surface area contributed by atoms with Crippen LogP contribution in [0, 0.1) is 5.82 Å². The van der Waals surface area contributed by atoms with Gasteiger partial charge >= 0.3 is 0 Å². The van der Waals surface area contributed by atoms with Gasteiger partial charge in [0.25, 0.3) is 0 Å². The van der Waals surface area contributed by atoms with Gasteiger partial charge in [-0.25, -0.2) is 4.39 Å². The lowest BCUT2D eigenvalue weighted by atomic mass is 10.2.